The van der Waals surface area contributed by atoms with Crippen LogP contribution in [0.2, 0.25) is 0 Å². The molecule has 2 aromatic carbocycles. The van der Waals surface area contributed by atoms with Crippen LogP contribution in [0.15, 0.2) is 54.6 Å². The maximum absolute atomic E-state index is 5.84. The van der Waals surface area contributed by atoms with Gasteiger partial charge in [0.15, 0.2) is 0 Å². The molecule has 2 nitrogen and oxygen atoms in total. The van der Waals surface area contributed by atoms with Gasteiger partial charge in [-0.05, 0) is 23.3 Å². The van der Waals surface area contributed by atoms with Crippen molar-refractivity contribution in [1.29, 1.82) is 0 Å². The van der Waals surface area contributed by atoms with E-state index >= 15 is 0 Å². The summed E-state index contributed by atoms with van der Waals surface area (Å²) in [6.07, 6.45) is 0. The summed E-state index contributed by atoms with van der Waals surface area (Å²) in [5, 5.41) is 0. The van der Waals surface area contributed by atoms with E-state index in [1.165, 1.54) is 11.1 Å². The van der Waals surface area contributed by atoms with E-state index in [1.54, 1.807) is 0 Å². The zero-order chi connectivity index (χ0) is 11.4. The number of benzene rings is 2. The van der Waals surface area contributed by atoms with Gasteiger partial charge in [-0.2, -0.15) is 0 Å². The largest absolute Gasteiger partial charge is 0.399 e. The molecule has 0 aromatic heterocycles. The van der Waals surface area contributed by atoms with E-state index in [0.717, 1.165) is 5.69 Å². The Kier molecular flexibility index (Phi) is 3.22. The molecule has 0 aliphatic carbocycles. The Morgan fingerprint density at radius 1 is 0.812 bits per heavy atom. The second kappa shape index (κ2) is 4.81. The zero-order valence-corrected chi connectivity index (χ0v) is 9.14. The van der Waals surface area contributed by atoms with E-state index in [0.29, 0.717) is 6.54 Å². The fourth-order valence-corrected chi connectivity index (χ4v) is 1.88. The summed E-state index contributed by atoms with van der Waals surface area (Å²) in [5.41, 5.74) is 14.8. The Morgan fingerprint density at radius 3 is 1.94 bits per heavy atom. The first-order valence-corrected chi connectivity index (χ1v) is 5.41. The van der Waals surface area contributed by atoms with Gasteiger partial charge < -0.3 is 11.5 Å². The first-order valence-electron chi connectivity index (χ1n) is 5.41. The van der Waals surface area contributed by atoms with E-state index in [4.69, 9.17) is 11.5 Å². The molecule has 0 amide bonds. The predicted octanol–water partition coefficient (Wildman–Crippen LogP) is 2.36. The van der Waals surface area contributed by atoms with Gasteiger partial charge in [0.05, 0.1) is 0 Å². The third-order valence-corrected chi connectivity index (χ3v) is 2.78. The Bertz CT molecular complexity index is 434. The van der Waals surface area contributed by atoms with Gasteiger partial charge in [-0.3, -0.25) is 0 Å². The van der Waals surface area contributed by atoms with Gasteiger partial charge in [-0.15, -0.1) is 0 Å². The van der Waals surface area contributed by atoms with Crippen molar-refractivity contribution in [3.63, 3.8) is 0 Å². The molecule has 2 heteroatoms. The Balaban J connectivity index is 2.33. The smallest absolute Gasteiger partial charge is 0.0314 e. The molecule has 0 radical (unpaired) electrons. The highest BCUT2D eigenvalue weighted by atomic mass is 14.6. The summed E-state index contributed by atoms with van der Waals surface area (Å²) in [6, 6.07) is 18.2. The van der Waals surface area contributed by atoms with Crippen LogP contribution in [0.4, 0.5) is 5.69 Å². The van der Waals surface area contributed by atoms with Crippen molar-refractivity contribution in [2.45, 2.75) is 5.92 Å². The summed E-state index contributed by atoms with van der Waals surface area (Å²) >= 11 is 0. The van der Waals surface area contributed by atoms with Crippen LogP contribution in [-0.4, -0.2) is 6.54 Å². The molecule has 0 unspecified atom stereocenters. The molecule has 2 aromatic rings. The summed E-state index contributed by atoms with van der Waals surface area (Å²) in [5.74, 6) is 0.252. The molecule has 0 saturated heterocycles. The van der Waals surface area contributed by atoms with Gasteiger partial charge in [-0.25, -0.2) is 0 Å². The molecule has 16 heavy (non-hydrogen) atoms. The second-order valence-electron chi connectivity index (χ2n) is 3.87. The van der Waals surface area contributed by atoms with Crippen LogP contribution >= 0.6 is 0 Å². The highest BCUT2D eigenvalue weighted by Crippen LogP contribution is 2.23. The van der Waals surface area contributed by atoms with Gasteiger partial charge in [0.1, 0.15) is 0 Å². The molecule has 0 aliphatic rings. The third kappa shape index (κ3) is 2.23. The van der Waals surface area contributed by atoms with Crippen LogP contribution < -0.4 is 11.5 Å². The van der Waals surface area contributed by atoms with Crippen molar-refractivity contribution >= 4 is 5.69 Å². The summed E-state index contributed by atoms with van der Waals surface area (Å²) in [7, 11) is 0. The molecule has 0 fully saturated rings. The average molecular weight is 212 g/mol. The summed E-state index contributed by atoms with van der Waals surface area (Å²) in [4.78, 5) is 0. The molecule has 0 saturated carbocycles. The lowest BCUT2D eigenvalue weighted by atomic mass is 9.91. The maximum Gasteiger partial charge on any atom is 0.0314 e. The normalized spacial score (nSPS) is 12.3. The number of rotatable bonds is 3. The van der Waals surface area contributed by atoms with Crippen LogP contribution in [0, 0.1) is 0 Å². The molecule has 2 rings (SSSR count). The number of hydrogen-bond donors (Lipinski definition) is 2. The van der Waals surface area contributed by atoms with Crippen molar-refractivity contribution in [1.82, 2.24) is 0 Å². The van der Waals surface area contributed by atoms with E-state index in [2.05, 4.69) is 12.1 Å². The average Bonchev–Trinajstić information content (AvgIpc) is 2.34. The van der Waals surface area contributed by atoms with Crippen molar-refractivity contribution in [3.8, 4) is 0 Å². The van der Waals surface area contributed by atoms with Crippen molar-refractivity contribution < 1.29 is 0 Å². The number of nitrogens with two attached hydrogens (primary N) is 2. The maximum atomic E-state index is 5.84. The molecule has 0 aliphatic heterocycles. The lowest BCUT2D eigenvalue weighted by Gasteiger charge is -2.15. The Morgan fingerprint density at radius 2 is 1.38 bits per heavy atom. The Hall–Kier alpha value is -1.80. The standard InChI is InChI=1S/C14H16N2/c15-10-14(11-4-2-1-3-5-11)12-6-8-13(16)9-7-12/h1-9,14H,10,15-16H2/t14-/m0/s1. The van der Waals surface area contributed by atoms with Gasteiger partial charge in [0.2, 0.25) is 0 Å². The molecular weight excluding hydrogens is 196 g/mol. The highest BCUT2D eigenvalue weighted by Gasteiger charge is 2.11. The molecule has 0 spiro atoms. The van der Waals surface area contributed by atoms with Gasteiger partial charge in [0, 0.05) is 18.2 Å². The first kappa shape index (κ1) is 10.7. The van der Waals surface area contributed by atoms with Crippen molar-refractivity contribution in [2.24, 2.45) is 5.73 Å². The lowest BCUT2D eigenvalue weighted by molar-refractivity contribution is 0.819. The minimum Gasteiger partial charge on any atom is -0.399 e. The first-order chi connectivity index (χ1) is 7.81. The monoisotopic (exact) mass is 212 g/mol. The minimum atomic E-state index is 0.252. The topological polar surface area (TPSA) is 52.0 Å². The van der Waals surface area contributed by atoms with Crippen LogP contribution in [0.3, 0.4) is 0 Å². The number of hydrogen-bond acceptors (Lipinski definition) is 2. The number of anilines is 1. The van der Waals surface area contributed by atoms with Crippen LogP contribution in [0.25, 0.3) is 0 Å². The Labute approximate surface area is 95.9 Å². The lowest BCUT2D eigenvalue weighted by Crippen LogP contribution is -2.13. The third-order valence-electron chi connectivity index (χ3n) is 2.78. The molecule has 0 bridgehead atoms. The minimum absolute atomic E-state index is 0.252. The molecule has 82 valence electrons. The molecular formula is C14H16N2. The predicted molar refractivity (Wildman–Crippen MR) is 68.2 cm³/mol. The summed E-state index contributed by atoms with van der Waals surface area (Å²) < 4.78 is 0. The van der Waals surface area contributed by atoms with E-state index in [1.807, 2.05) is 42.5 Å². The van der Waals surface area contributed by atoms with Crippen LogP contribution in [0.1, 0.15) is 17.0 Å². The van der Waals surface area contributed by atoms with Crippen LogP contribution in [-0.2, 0) is 0 Å². The number of nitrogen functional groups attached to an aromatic ring is 1. The van der Waals surface area contributed by atoms with Gasteiger partial charge >= 0.3 is 0 Å². The fourth-order valence-electron chi connectivity index (χ4n) is 1.88. The highest BCUT2D eigenvalue weighted by molar-refractivity contribution is 5.42. The van der Waals surface area contributed by atoms with Crippen LogP contribution in [0.5, 0.6) is 0 Å². The van der Waals surface area contributed by atoms with Gasteiger partial charge in [0.25, 0.3) is 0 Å². The fraction of sp³-hybridized carbons (Fsp3) is 0.143. The second-order valence-corrected chi connectivity index (χ2v) is 3.87. The van der Waals surface area contributed by atoms with Crippen molar-refractivity contribution in [2.75, 3.05) is 12.3 Å². The summed E-state index contributed by atoms with van der Waals surface area (Å²) in [6.45, 7) is 0.605. The quantitative estimate of drug-likeness (QED) is 0.767. The SMILES string of the molecule is NC[C@@H](c1ccccc1)c1ccc(N)cc1. The van der Waals surface area contributed by atoms with Crippen molar-refractivity contribution in [3.05, 3.63) is 65.7 Å². The molecule has 4 N–H and O–H groups in total. The van der Waals surface area contributed by atoms with E-state index in [9.17, 15) is 0 Å². The zero-order valence-electron chi connectivity index (χ0n) is 9.14. The molecule has 1 atom stereocenters. The molecule has 0 heterocycles. The van der Waals surface area contributed by atoms with E-state index < -0.39 is 0 Å². The van der Waals surface area contributed by atoms with Gasteiger partial charge in [-0.1, -0.05) is 42.5 Å². The van der Waals surface area contributed by atoms with E-state index in [-0.39, 0.29) is 5.92 Å².